The number of amides is 1. The topological polar surface area (TPSA) is 74.3 Å². The van der Waals surface area contributed by atoms with Gasteiger partial charge in [-0.3, -0.25) is 4.79 Å². The largest absolute Gasteiger partial charge is 0.486 e. The van der Waals surface area contributed by atoms with Gasteiger partial charge in [-0.2, -0.15) is 0 Å². The van der Waals surface area contributed by atoms with Crippen LogP contribution in [-0.2, 0) is 4.79 Å². The third kappa shape index (κ3) is 5.00. The number of fused-ring (bicyclic) bond motifs is 2. The molecule has 3 aromatic carbocycles. The lowest BCUT2D eigenvalue weighted by atomic mass is 9.98. The molecule has 3 heterocycles. The van der Waals surface area contributed by atoms with E-state index in [1.54, 1.807) is 12.1 Å². The van der Waals surface area contributed by atoms with Gasteiger partial charge in [-0.15, -0.1) is 0 Å². The lowest BCUT2D eigenvalue weighted by molar-refractivity contribution is -0.126. The van der Waals surface area contributed by atoms with E-state index in [1.165, 1.54) is 18.2 Å². The van der Waals surface area contributed by atoms with E-state index in [1.807, 2.05) is 18.2 Å². The van der Waals surface area contributed by atoms with Crippen molar-refractivity contribution in [2.24, 2.45) is 5.92 Å². The fourth-order valence-corrected chi connectivity index (χ4v) is 5.51. The minimum atomic E-state index is -1.11. The Hall–Kier alpha value is -3.43. The molecule has 3 atom stereocenters. The third-order valence-electron chi connectivity index (χ3n) is 7.78. The lowest BCUT2D eigenvalue weighted by Gasteiger charge is -2.36. The van der Waals surface area contributed by atoms with Gasteiger partial charge >= 0.3 is 0 Å². The number of nitrogens with zero attached hydrogens (tertiary/aromatic N) is 2. The highest BCUT2D eigenvalue weighted by Gasteiger charge is 2.34. The first-order valence-corrected chi connectivity index (χ1v) is 13.2. The molecular formula is C29H31F2N3O4. The summed E-state index contributed by atoms with van der Waals surface area (Å²) in [5.74, 6) is -0.906. The molecule has 3 aliphatic rings. The zero-order valence-electron chi connectivity index (χ0n) is 21.0. The minimum absolute atomic E-state index is 0.0559. The number of halogens is 2. The number of carbonyl (C=O) groups excluding carboxylic acids is 1. The van der Waals surface area contributed by atoms with E-state index in [4.69, 9.17) is 9.47 Å². The second-order valence-electron chi connectivity index (χ2n) is 10.3. The molecule has 7 nitrogen and oxygen atoms in total. The summed E-state index contributed by atoms with van der Waals surface area (Å²) in [6.07, 6.45) is 0.646. The Morgan fingerprint density at radius 1 is 1.03 bits per heavy atom. The first kappa shape index (κ1) is 24.9. The van der Waals surface area contributed by atoms with Crippen molar-refractivity contribution in [2.75, 3.05) is 50.8 Å². The fourth-order valence-electron chi connectivity index (χ4n) is 5.51. The summed E-state index contributed by atoms with van der Waals surface area (Å²) >= 11 is 0. The predicted molar refractivity (Wildman–Crippen MR) is 140 cm³/mol. The number of likely N-dealkylation sites (tertiary alicyclic amines) is 1. The molecule has 0 spiro atoms. The van der Waals surface area contributed by atoms with Gasteiger partial charge in [0.25, 0.3) is 0 Å². The molecular weight excluding hydrogens is 492 g/mol. The molecule has 0 aliphatic carbocycles. The molecule has 1 amide bonds. The zero-order chi connectivity index (χ0) is 26.2. The number of nitrogens with one attached hydrogen (secondary N) is 1. The zero-order valence-corrected chi connectivity index (χ0v) is 21.0. The maximum atomic E-state index is 14.7. The van der Waals surface area contributed by atoms with Crippen molar-refractivity contribution < 1.29 is 28.2 Å². The van der Waals surface area contributed by atoms with Crippen molar-refractivity contribution in [1.82, 2.24) is 10.2 Å². The quantitative estimate of drug-likeness (QED) is 0.493. The van der Waals surface area contributed by atoms with Crippen LogP contribution in [0.3, 0.4) is 0 Å². The number of rotatable bonds is 7. The third-order valence-corrected chi connectivity index (χ3v) is 7.78. The molecule has 200 valence electrons. The Morgan fingerprint density at radius 2 is 1.82 bits per heavy atom. The van der Waals surface area contributed by atoms with Crippen molar-refractivity contribution in [3.63, 3.8) is 0 Å². The number of anilines is 1. The first-order chi connectivity index (χ1) is 18.4. The molecule has 2 N–H and O–H groups in total. The fraction of sp³-hybridized carbons (Fsp3) is 0.414. The van der Waals surface area contributed by atoms with E-state index >= 15 is 0 Å². The van der Waals surface area contributed by atoms with Gasteiger partial charge in [-0.1, -0.05) is 12.1 Å². The molecule has 3 unspecified atom stereocenters. The predicted octanol–water partition coefficient (Wildman–Crippen LogP) is 3.64. The van der Waals surface area contributed by atoms with Crippen LogP contribution in [0.4, 0.5) is 14.5 Å². The molecule has 0 radical (unpaired) electrons. The van der Waals surface area contributed by atoms with Crippen LogP contribution in [0.5, 0.6) is 11.5 Å². The van der Waals surface area contributed by atoms with E-state index in [-0.39, 0.29) is 35.7 Å². The maximum Gasteiger partial charge on any atom is 0.225 e. The number of aliphatic hydroxyl groups is 1. The molecule has 0 bridgehead atoms. The van der Waals surface area contributed by atoms with Crippen LogP contribution in [0.25, 0.3) is 10.8 Å². The van der Waals surface area contributed by atoms with Crippen molar-refractivity contribution >= 4 is 22.4 Å². The maximum absolute atomic E-state index is 14.7. The number of hydrogen-bond donors (Lipinski definition) is 2. The average molecular weight is 524 g/mol. The van der Waals surface area contributed by atoms with Crippen LogP contribution in [0.15, 0.2) is 48.5 Å². The minimum Gasteiger partial charge on any atom is -0.486 e. The van der Waals surface area contributed by atoms with Crippen molar-refractivity contribution in [2.45, 2.75) is 25.0 Å². The molecule has 2 saturated heterocycles. The van der Waals surface area contributed by atoms with E-state index in [0.717, 1.165) is 42.5 Å². The van der Waals surface area contributed by atoms with Crippen molar-refractivity contribution in [1.29, 1.82) is 0 Å². The SMILES string of the molecule is O=C(NC(CN1CCC1)C(O)c1cc(F)c2c(c1)OCCO2)C1CCN(c2ccc3cc(F)ccc3c2)C1. The Balaban J connectivity index is 1.16. The normalized spacial score (nSPS) is 20.7. The summed E-state index contributed by atoms with van der Waals surface area (Å²) in [7, 11) is 0. The molecule has 2 fully saturated rings. The average Bonchev–Trinajstić information content (AvgIpc) is 3.40. The van der Waals surface area contributed by atoms with Crippen LogP contribution in [0.1, 0.15) is 24.5 Å². The highest BCUT2D eigenvalue weighted by molar-refractivity contribution is 5.86. The number of hydrogen-bond acceptors (Lipinski definition) is 6. The molecule has 6 rings (SSSR count). The van der Waals surface area contributed by atoms with E-state index in [9.17, 15) is 18.7 Å². The van der Waals surface area contributed by atoms with Crippen molar-refractivity contribution in [3.05, 3.63) is 65.7 Å². The summed E-state index contributed by atoms with van der Waals surface area (Å²) in [6.45, 7) is 4.12. The Labute approximate surface area is 219 Å². The van der Waals surface area contributed by atoms with Crippen LogP contribution in [0.2, 0.25) is 0 Å². The molecule has 0 aromatic heterocycles. The summed E-state index contributed by atoms with van der Waals surface area (Å²) in [4.78, 5) is 17.7. The first-order valence-electron chi connectivity index (χ1n) is 13.2. The molecule has 9 heteroatoms. The number of benzene rings is 3. The van der Waals surface area contributed by atoms with Gasteiger partial charge in [0.2, 0.25) is 5.91 Å². The van der Waals surface area contributed by atoms with Crippen LogP contribution in [0, 0.1) is 17.6 Å². The Bertz CT molecular complexity index is 1350. The van der Waals surface area contributed by atoms with E-state index in [2.05, 4.69) is 15.1 Å². The van der Waals surface area contributed by atoms with Crippen molar-refractivity contribution in [3.8, 4) is 11.5 Å². The van der Waals surface area contributed by atoms with Gasteiger partial charge in [-0.25, -0.2) is 8.78 Å². The summed E-state index contributed by atoms with van der Waals surface area (Å²) in [5.41, 5.74) is 1.33. The van der Waals surface area contributed by atoms with Gasteiger partial charge < -0.3 is 29.7 Å². The standard InChI is InChI=1S/C29H31F2N3O4/c30-22-4-2-19-13-23(5-3-18(19)12-22)34-9-6-20(16-34)29(36)32-25(17-33-7-1-8-33)27(35)21-14-24(31)28-26(15-21)37-10-11-38-28/h2-5,12-15,20,25,27,35H,1,6-11,16-17H2,(H,32,36). The summed E-state index contributed by atoms with van der Waals surface area (Å²) in [6, 6.07) is 12.8. The summed E-state index contributed by atoms with van der Waals surface area (Å²) < 4.78 is 39.1. The Morgan fingerprint density at radius 3 is 2.63 bits per heavy atom. The monoisotopic (exact) mass is 523 g/mol. The van der Waals surface area contributed by atoms with Crippen LogP contribution in [-0.4, -0.2) is 67.9 Å². The van der Waals surface area contributed by atoms with Gasteiger partial charge in [0.05, 0.1) is 12.0 Å². The Kier molecular flexibility index (Phi) is 6.80. The molecule has 3 aromatic rings. The van der Waals surface area contributed by atoms with Crippen LogP contribution >= 0.6 is 0 Å². The molecule has 38 heavy (non-hydrogen) atoms. The highest BCUT2D eigenvalue weighted by Crippen LogP contribution is 2.37. The number of ether oxygens (including phenoxy) is 2. The van der Waals surface area contributed by atoms with Gasteiger partial charge in [0.1, 0.15) is 25.1 Å². The lowest BCUT2D eigenvalue weighted by Crippen LogP contribution is -2.52. The number of carbonyl (C=O) groups is 1. The van der Waals surface area contributed by atoms with Gasteiger partial charge in [0.15, 0.2) is 17.3 Å². The van der Waals surface area contributed by atoms with E-state index < -0.39 is 18.0 Å². The van der Waals surface area contributed by atoms with Gasteiger partial charge in [0, 0.05) is 25.3 Å². The second-order valence-corrected chi connectivity index (χ2v) is 10.3. The smallest absolute Gasteiger partial charge is 0.225 e. The molecule has 3 aliphatic heterocycles. The highest BCUT2D eigenvalue weighted by atomic mass is 19.1. The van der Waals surface area contributed by atoms with E-state index in [0.29, 0.717) is 31.7 Å². The second kappa shape index (κ2) is 10.4. The summed E-state index contributed by atoms with van der Waals surface area (Å²) in [5, 5.41) is 16.1. The molecule has 0 saturated carbocycles. The van der Waals surface area contributed by atoms with Gasteiger partial charge in [-0.05, 0) is 78.7 Å². The van der Waals surface area contributed by atoms with Crippen LogP contribution < -0.4 is 19.7 Å². The number of aliphatic hydroxyl groups excluding tert-OH is 1.